The van der Waals surface area contributed by atoms with Crippen LogP contribution in [0.1, 0.15) is 11.3 Å². The summed E-state index contributed by atoms with van der Waals surface area (Å²) in [5, 5.41) is 11.0. The van der Waals surface area contributed by atoms with E-state index in [1.807, 2.05) is 37.5 Å². The van der Waals surface area contributed by atoms with Gasteiger partial charge in [0, 0.05) is 30.1 Å². The molecule has 0 fully saturated rings. The number of pyridine rings is 2. The van der Waals surface area contributed by atoms with Crippen LogP contribution in [0, 0.1) is 6.92 Å². The first kappa shape index (κ1) is 13.6. The van der Waals surface area contributed by atoms with E-state index in [9.17, 15) is 0 Å². The first-order valence-corrected chi connectivity index (χ1v) is 6.91. The Labute approximate surface area is 127 Å². The SMILES string of the molecule is Cc1nc(Cl)ccc1NCc1cn[nH]c1-c1cccnc1. The minimum Gasteiger partial charge on any atom is -0.379 e. The van der Waals surface area contributed by atoms with E-state index in [0.29, 0.717) is 11.7 Å². The summed E-state index contributed by atoms with van der Waals surface area (Å²) in [6.45, 7) is 2.57. The Morgan fingerprint density at radius 1 is 1.24 bits per heavy atom. The molecule has 0 aliphatic carbocycles. The lowest BCUT2D eigenvalue weighted by molar-refractivity contribution is 1.09. The number of aromatic amines is 1. The highest BCUT2D eigenvalue weighted by Gasteiger charge is 2.08. The van der Waals surface area contributed by atoms with Gasteiger partial charge in [0.1, 0.15) is 5.15 Å². The Morgan fingerprint density at radius 3 is 2.90 bits per heavy atom. The van der Waals surface area contributed by atoms with Crippen LogP contribution in [0.2, 0.25) is 5.15 Å². The molecule has 0 atom stereocenters. The Kier molecular flexibility index (Phi) is 3.83. The third-order valence-electron chi connectivity index (χ3n) is 3.19. The molecule has 5 nitrogen and oxygen atoms in total. The molecule has 3 aromatic rings. The van der Waals surface area contributed by atoms with E-state index in [-0.39, 0.29) is 0 Å². The standard InChI is InChI=1S/C15H14ClN5/c1-10-13(4-5-14(16)20-10)18-8-12-9-19-21-15(12)11-3-2-6-17-7-11/h2-7,9,18H,8H2,1H3,(H,19,21). The van der Waals surface area contributed by atoms with Crippen LogP contribution in [0.4, 0.5) is 5.69 Å². The number of halogens is 1. The van der Waals surface area contributed by atoms with Gasteiger partial charge in [0.2, 0.25) is 0 Å². The highest BCUT2D eigenvalue weighted by Crippen LogP contribution is 2.22. The molecule has 0 amide bonds. The molecule has 3 aromatic heterocycles. The van der Waals surface area contributed by atoms with E-state index >= 15 is 0 Å². The fraction of sp³-hybridized carbons (Fsp3) is 0.133. The Morgan fingerprint density at radius 2 is 2.14 bits per heavy atom. The van der Waals surface area contributed by atoms with Gasteiger partial charge >= 0.3 is 0 Å². The second-order valence-corrected chi connectivity index (χ2v) is 5.02. The first-order valence-electron chi connectivity index (χ1n) is 6.53. The summed E-state index contributed by atoms with van der Waals surface area (Å²) in [6.07, 6.45) is 5.38. The molecule has 6 heteroatoms. The van der Waals surface area contributed by atoms with Crippen molar-refractivity contribution < 1.29 is 0 Å². The predicted molar refractivity (Wildman–Crippen MR) is 83.1 cm³/mol. The molecule has 3 rings (SSSR count). The number of rotatable bonds is 4. The van der Waals surface area contributed by atoms with Crippen molar-refractivity contribution in [1.29, 1.82) is 0 Å². The molecule has 21 heavy (non-hydrogen) atoms. The van der Waals surface area contributed by atoms with Crippen molar-refractivity contribution in [1.82, 2.24) is 20.2 Å². The van der Waals surface area contributed by atoms with Crippen LogP contribution in [-0.2, 0) is 6.54 Å². The molecule has 2 N–H and O–H groups in total. The molecule has 0 bridgehead atoms. The zero-order chi connectivity index (χ0) is 14.7. The number of H-pyrrole nitrogens is 1. The number of nitrogens with one attached hydrogen (secondary N) is 2. The third kappa shape index (κ3) is 3.03. The van der Waals surface area contributed by atoms with E-state index in [2.05, 4.69) is 25.5 Å². The lowest BCUT2D eigenvalue weighted by atomic mass is 10.1. The zero-order valence-electron chi connectivity index (χ0n) is 11.5. The summed E-state index contributed by atoms with van der Waals surface area (Å²) in [5.41, 5.74) is 4.87. The Balaban J connectivity index is 1.79. The predicted octanol–water partition coefficient (Wildman–Crippen LogP) is 3.44. The fourth-order valence-electron chi connectivity index (χ4n) is 2.11. The van der Waals surface area contributed by atoms with Crippen LogP contribution in [0.15, 0.2) is 42.9 Å². The van der Waals surface area contributed by atoms with E-state index in [1.165, 1.54) is 0 Å². The maximum absolute atomic E-state index is 5.86. The van der Waals surface area contributed by atoms with Crippen LogP contribution in [-0.4, -0.2) is 20.2 Å². The van der Waals surface area contributed by atoms with Crippen molar-refractivity contribution >= 4 is 17.3 Å². The van der Waals surface area contributed by atoms with Gasteiger partial charge in [-0.3, -0.25) is 10.1 Å². The van der Waals surface area contributed by atoms with Crippen molar-refractivity contribution in [3.63, 3.8) is 0 Å². The van der Waals surface area contributed by atoms with Gasteiger partial charge in [0.25, 0.3) is 0 Å². The molecular weight excluding hydrogens is 286 g/mol. The van der Waals surface area contributed by atoms with E-state index in [0.717, 1.165) is 28.2 Å². The number of hydrogen-bond acceptors (Lipinski definition) is 4. The van der Waals surface area contributed by atoms with Gasteiger partial charge in [0.15, 0.2) is 0 Å². The molecule has 0 saturated heterocycles. The quantitative estimate of drug-likeness (QED) is 0.724. The van der Waals surface area contributed by atoms with Crippen LogP contribution in [0.3, 0.4) is 0 Å². The van der Waals surface area contributed by atoms with Gasteiger partial charge in [-0.25, -0.2) is 4.98 Å². The van der Waals surface area contributed by atoms with E-state index in [1.54, 1.807) is 12.3 Å². The van der Waals surface area contributed by atoms with Gasteiger partial charge < -0.3 is 5.32 Å². The van der Waals surface area contributed by atoms with Gasteiger partial charge in [-0.15, -0.1) is 0 Å². The highest BCUT2D eigenvalue weighted by atomic mass is 35.5. The van der Waals surface area contributed by atoms with Gasteiger partial charge in [-0.05, 0) is 31.2 Å². The summed E-state index contributed by atoms with van der Waals surface area (Å²) in [4.78, 5) is 8.35. The Hall–Kier alpha value is -2.40. The molecule has 0 saturated carbocycles. The van der Waals surface area contributed by atoms with Crippen molar-refractivity contribution in [3.8, 4) is 11.3 Å². The summed E-state index contributed by atoms with van der Waals surface area (Å²) in [5.74, 6) is 0. The van der Waals surface area contributed by atoms with Gasteiger partial charge in [-0.2, -0.15) is 5.10 Å². The average molecular weight is 300 g/mol. The Bertz CT molecular complexity index is 739. The topological polar surface area (TPSA) is 66.5 Å². The molecule has 0 spiro atoms. The summed E-state index contributed by atoms with van der Waals surface area (Å²) >= 11 is 5.86. The summed E-state index contributed by atoms with van der Waals surface area (Å²) in [7, 11) is 0. The van der Waals surface area contributed by atoms with E-state index in [4.69, 9.17) is 11.6 Å². The van der Waals surface area contributed by atoms with Crippen LogP contribution < -0.4 is 5.32 Å². The normalized spacial score (nSPS) is 10.6. The molecule has 0 aliphatic rings. The largest absolute Gasteiger partial charge is 0.379 e. The second-order valence-electron chi connectivity index (χ2n) is 4.63. The maximum Gasteiger partial charge on any atom is 0.129 e. The molecule has 0 unspecified atom stereocenters. The maximum atomic E-state index is 5.86. The van der Waals surface area contributed by atoms with Crippen molar-refractivity contribution in [2.75, 3.05) is 5.32 Å². The van der Waals surface area contributed by atoms with Crippen LogP contribution >= 0.6 is 11.6 Å². The lowest BCUT2D eigenvalue weighted by Gasteiger charge is -2.09. The van der Waals surface area contributed by atoms with Crippen molar-refractivity contribution in [2.24, 2.45) is 0 Å². The average Bonchev–Trinajstić information content (AvgIpc) is 2.96. The highest BCUT2D eigenvalue weighted by molar-refractivity contribution is 6.29. The van der Waals surface area contributed by atoms with E-state index < -0.39 is 0 Å². The van der Waals surface area contributed by atoms with Crippen molar-refractivity contribution in [3.05, 3.63) is 59.3 Å². The smallest absolute Gasteiger partial charge is 0.129 e. The van der Waals surface area contributed by atoms with Crippen LogP contribution in [0.25, 0.3) is 11.3 Å². The molecule has 0 radical (unpaired) electrons. The number of aryl methyl sites for hydroxylation is 1. The number of nitrogens with zero attached hydrogens (tertiary/aromatic N) is 3. The summed E-state index contributed by atoms with van der Waals surface area (Å²) < 4.78 is 0. The number of aromatic nitrogens is 4. The number of anilines is 1. The molecular formula is C15H14ClN5. The lowest BCUT2D eigenvalue weighted by Crippen LogP contribution is -2.02. The molecule has 106 valence electrons. The van der Waals surface area contributed by atoms with Crippen LogP contribution in [0.5, 0.6) is 0 Å². The fourth-order valence-corrected chi connectivity index (χ4v) is 2.30. The third-order valence-corrected chi connectivity index (χ3v) is 3.40. The minimum atomic E-state index is 0.498. The van der Waals surface area contributed by atoms with Gasteiger partial charge in [-0.1, -0.05) is 11.6 Å². The zero-order valence-corrected chi connectivity index (χ0v) is 12.2. The second kappa shape index (κ2) is 5.93. The molecule has 0 aromatic carbocycles. The van der Waals surface area contributed by atoms with Gasteiger partial charge in [0.05, 0.1) is 23.3 Å². The first-order chi connectivity index (χ1) is 10.2. The molecule has 3 heterocycles. The molecule has 0 aliphatic heterocycles. The van der Waals surface area contributed by atoms with Crippen molar-refractivity contribution in [2.45, 2.75) is 13.5 Å². The number of hydrogen-bond donors (Lipinski definition) is 2. The summed E-state index contributed by atoms with van der Waals surface area (Å²) in [6, 6.07) is 7.60. The monoisotopic (exact) mass is 299 g/mol. The minimum absolute atomic E-state index is 0.498.